The summed E-state index contributed by atoms with van der Waals surface area (Å²) in [6.07, 6.45) is 8.24. The molecule has 192 valence electrons. The molecule has 0 spiro atoms. The molecule has 0 bridgehead atoms. The Labute approximate surface area is 226 Å². The number of unbranched alkanes of at least 4 members (excludes halogenated alkanes) is 2. The molecule has 4 aromatic rings. The predicted molar refractivity (Wildman–Crippen MR) is 170 cm³/mol. The summed E-state index contributed by atoms with van der Waals surface area (Å²) in [5, 5.41) is 6.41. The molecule has 1 aliphatic rings. The normalized spacial score (nSPS) is 20.4. The van der Waals surface area contributed by atoms with Gasteiger partial charge in [-0.15, -0.1) is 0 Å². The molecule has 0 atom stereocenters. The van der Waals surface area contributed by atoms with Gasteiger partial charge >= 0.3 is 227 Å². The molecule has 0 aliphatic carbocycles. The van der Waals surface area contributed by atoms with Crippen molar-refractivity contribution in [1.82, 2.24) is 0 Å². The van der Waals surface area contributed by atoms with E-state index in [9.17, 15) is 0 Å². The second-order valence-electron chi connectivity index (χ2n) is 11.3. The van der Waals surface area contributed by atoms with Crippen LogP contribution in [0.1, 0.15) is 39.0 Å². The van der Waals surface area contributed by atoms with E-state index in [4.69, 9.17) is 0 Å². The Bertz CT molecular complexity index is 1100. The Balaban J connectivity index is 1.49. The van der Waals surface area contributed by atoms with Gasteiger partial charge < -0.3 is 0 Å². The first-order valence-electron chi connectivity index (χ1n) is 14.5. The van der Waals surface area contributed by atoms with Gasteiger partial charge in [0.2, 0.25) is 0 Å². The van der Waals surface area contributed by atoms with Gasteiger partial charge in [-0.25, -0.2) is 0 Å². The number of hydrogen-bond donors (Lipinski definition) is 0. The van der Waals surface area contributed by atoms with Crippen molar-refractivity contribution in [2.24, 2.45) is 5.92 Å². The predicted octanol–water partition coefficient (Wildman–Crippen LogP) is 7.67. The summed E-state index contributed by atoms with van der Waals surface area (Å²) in [5.41, 5.74) is 0. The second-order valence-corrected chi connectivity index (χ2v) is 19.8. The Kier molecular flexibility index (Phi) is 8.75. The molecular formula is C35H43PSi. The van der Waals surface area contributed by atoms with Crippen LogP contribution in [0.4, 0.5) is 0 Å². The maximum atomic E-state index is 2.47. The summed E-state index contributed by atoms with van der Waals surface area (Å²) in [7, 11) is -3.59. The van der Waals surface area contributed by atoms with E-state index in [-0.39, 0.29) is 0 Å². The standard InChI is InChI=1S/C35H43PSi/c1-2-3-16-27-37(35-23-14-7-15-24-35)28-25-31(26-29-37)30-36(32-17-8-4-9-18-32,33-19-10-5-11-20-33)34-21-12-6-13-22-34/h4-15,17-24,31,36H,2-3,16,25-30H2,1H3. The third kappa shape index (κ3) is 5.69. The summed E-state index contributed by atoms with van der Waals surface area (Å²) in [6, 6.07) is 50.7. The van der Waals surface area contributed by atoms with Crippen LogP contribution < -0.4 is 21.1 Å². The van der Waals surface area contributed by atoms with Crippen LogP contribution in [-0.4, -0.2) is 14.2 Å². The number of rotatable bonds is 10. The van der Waals surface area contributed by atoms with Crippen molar-refractivity contribution >= 4 is 36.4 Å². The zero-order valence-electron chi connectivity index (χ0n) is 22.5. The van der Waals surface area contributed by atoms with Crippen LogP contribution in [0.3, 0.4) is 0 Å². The van der Waals surface area contributed by atoms with E-state index in [1.807, 2.05) is 0 Å². The first kappa shape index (κ1) is 26.1. The van der Waals surface area contributed by atoms with Crippen molar-refractivity contribution in [3.8, 4) is 0 Å². The Morgan fingerprint density at radius 3 is 1.46 bits per heavy atom. The summed E-state index contributed by atoms with van der Waals surface area (Å²) >= 11 is 0. The third-order valence-electron chi connectivity index (χ3n) is 9.10. The van der Waals surface area contributed by atoms with Crippen LogP contribution in [0.15, 0.2) is 121 Å². The van der Waals surface area contributed by atoms with Crippen molar-refractivity contribution in [1.29, 1.82) is 0 Å². The molecule has 0 N–H and O–H groups in total. The van der Waals surface area contributed by atoms with Gasteiger partial charge in [-0.1, -0.05) is 0 Å². The van der Waals surface area contributed by atoms with Crippen LogP contribution in [0.5, 0.6) is 0 Å². The Morgan fingerprint density at radius 1 is 0.595 bits per heavy atom. The van der Waals surface area contributed by atoms with Crippen molar-refractivity contribution < 1.29 is 0 Å². The summed E-state index contributed by atoms with van der Waals surface area (Å²) in [4.78, 5) is 0. The first-order chi connectivity index (χ1) is 18.3. The molecule has 1 heterocycles. The quantitative estimate of drug-likeness (QED) is 0.114. The molecule has 0 nitrogen and oxygen atoms in total. The summed E-state index contributed by atoms with van der Waals surface area (Å²) in [5.74, 6) is 0.794. The molecule has 1 saturated heterocycles. The minimum absolute atomic E-state index is 0.794. The number of benzene rings is 4. The number of hydrogen-bond acceptors (Lipinski definition) is 0. The Morgan fingerprint density at radius 2 is 1.03 bits per heavy atom. The fraction of sp³-hybridized carbons (Fsp3) is 0.314. The van der Waals surface area contributed by atoms with E-state index in [1.54, 1.807) is 21.1 Å². The van der Waals surface area contributed by atoms with Crippen LogP contribution in [-0.2, 0) is 0 Å². The van der Waals surface area contributed by atoms with E-state index < -0.39 is 15.3 Å². The maximum absolute atomic E-state index is 2.47. The van der Waals surface area contributed by atoms with Crippen LogP contribution in [0.2, 0.25) is 18.1 Å². The fourth-order valence-corrected chi connectivity index (χ4v) is 17.7. The fourth-order valence-electron chi connectivity index (χ4n) is 7.08. The molecular weight excluding hydrogens is 479 g/mol. The SMILES string of the molecule is CCCCC[Si]1(c2ccccc2)CCC(C[PH](c2ccccc2)(c2ccccc2)c2ccccc2)CC1. The monoisotopic (exact) mass is 522 g/mol. The van der Waals surface area contributed by atoms with Gasteiger partial charge in [0.1, 0.15) is 0 Å². The third-order valence-corrected chi connectivity index (χ3v) is 19.6. The second kappa shape index (κ2) is 12.4. The molecule has 0 aromatic heterocycles. The van der Waals surface area contributed by atoms with E-state index in [0.717, 1.165) is 5.92 Å². The van der Waals surface area contributed by atoms with Crippen molar-refractivity contribution in [2.75, 3.05) is 6.16 Å². The average molecular weight is 523 g/mol. The molecule has 4 aromatic carbocycles. The van der Waals surface area contributed by atoms with Crippen LogP contribution in [0, 0.1) is 5.92 Å². The van der Waals surface area contributed by atoms with Gasteiger partial charge in [-0.3, -0.25) is 0 Å². The topological polar surface area (TPSA) is 0 Å². The molecule has 37 heavy (non-hydrogen) atoms. The van der Waals surface area contributed by atoms with E-state index in [0.29, 0.717) is 0 Å². The van der Waals surface area contributed by atoms with E-state index in [1.165, 1.54) is 56.4 Å². The molecule has 0 saturated carbocycles. The molecule has 1 aliphatic heterocycles. The van der Waals surface area contributed by atoms with Gasteiger partial charge in [0.25, 0.3) is 0 Å². The van der Waals surface area contributed by atoms with Gasteiger partial charge in [0, 0.05) is 0 Å². The van der Waals surface area contributed by atoms with Crippen LogP contribution >= 0.6 is 7.26 Å². The summed E-state index contributed by atoms with van der Waals surface area (Å²) < 4.78 is 0. The zero-order chi connectivity index (χ0) is 25.4. The summed E-state index contributed by atoms with van der Waals surface area (Å²) in [6.45, 7) is 2.34. The Hall–Kier alpha value is -2.47. The van der Waals surface area contributed by atoms with Crippen molar-refractivity contribution in [2.45, 2.75) is 57.2 Å². The molecule has 0 amide bonds. The van der Waals surface area contributed by atoms with Gasteiger partial charge in [0.15, 0.2) is 0 Å². The van der Waals surface area contributed by atoms with E-state index >= 15 is 0 Å². The minimum atomic E-state index is -2.15. The molecule has 0 unspecified atom stereocenters. The van der Waals surface area contributed by atoms with E-state index in [2.05, 4.69) is 128 Å². The molecule has 2 heteroatoms. The molecule has 1 fully saturated rings. The zero-order valence-corrected chi connectivity index (χ0v) is 24.5. The van der Waals surface area contributed by atoms with Crippen molar-refractivity contribution in [3.63, 3.8) is 0 Å². The van der Waals surface area contributed by atoms with Gasteiger partial charge in [-0.2, -0.15) is 0 Å². The average Bonchev–Trinajstić information content (AvgIpc) is 2.99. The molecule has 5 rings (SSSR count). The van der Waals surface area contributed by atoms with Gasteiger partial charge in [0.05, 0.1) is 0 Å². The molecule has 0 radical (unpaired) electrons. The van der Waals surface area contributed by atoms with Crippen molar-refractivity contribution in [3.05, 3.63) is 121 Å². The van der Waals surface area contributed by atoms with Gasteiger partial charge in [-0.05, 0) is 0 Å². The first-order valence-corrected chi connectivity index (χ1v) is 19.3. The van der Waals surface area contributed by atoms with Crippen LogP contribution in [0.25, 0.3) is 0 Å².